The molecule has 0 saturated carbocycles. The van der Waals surface area contributed by atoms with E-state index in [-0.39, 0.29) is 11.3 Å². The number of amides is 1. The zero-order valence-electron chi connectivity index (χ0n) is 9.80. The number of alkyl halides is 3. The molecule has 0 aliphatic carbocycles. The number of nitrogens with zero attached hydrogens (tertiary/aromatic N) is 1. The second kappa shape index (κ2) is 5.08. The Morgan fingerprint density at radius 1 is 1.39 bits per heavy atom. The Bertz CT molecular complexity index is 501. The van der Waals surface area contributed by atoms with E-state index in [9.17, 15) is 18.0 Å². The van der Waals surface area contributed by atoms with Crippen LogP contribution in [-0.2, 0) is 11.0 Å². The Balaban J connectivity index is 3.20. The molecule has 1 N–H and O–H groups in total. The van der Waals surface area contributed by atoms with Gasteiger partial charge >= 0.3 is 6.18 Å². The smallest absolute Gasteiger partial charge is 0.325 e. The number of anilines is 1. The van der Waals surface area contributed by atoms with Crippen LogP contribution in [0.15, 0.2) is 18.2 Å². The van der Waals surface area contributed by atoms with E-state index >= 15 is 0 Å². The molecule has 0 saturated heterocycles. The number of hydrogen-bond acceptors (Lipinski definition) is 2. The average molecular weight is 256 g/mol. The van der Waals surface area contributed by atoms with Gasteiger partial charge in [0, 0.05) is 5.92 Å². The minimum absolute atomic E-state index is 0.107. The highest BCUT2D eigenvalue weighted by Gasteiger charge is 2.34. The van der Waals surface area contributed by atoms with Crippen LogP contribution in [0.4, 0.5) is 18.9 Å². The van der Waals surface area contributed by atoms with Crippen molar-refractivity contribution in [2.75, 3.05) is 5.32 Å². The summed E-state index contributed by atoms with van der Waals surface area (Å²) in [5, 5.41) is 10.8. The lowest BCUT2D eigenvalue weighted by Gasteiger charge is -2.15. The maximum absolute atomic E-state index is 12.8. The molecule has 0 fully saturated rings. The summed E-state index contributed by atoms with van der Waals surface area (Å²) in [5.74, 6) is -0.938. The quantitative estimate of drug-likeness (QED) is 0.883. The lowest BCUT2D eigenvalue weighted by atomic mass is 10.1. The summed E-state index contributed by atoms with van der Waals surface area (Å²) >= 11 is 0. The first-order valence-corrected chi connectivity index (χ1v) is 5.18. The standard InChI is InChI=1S/C12H11F3N2O/c1-7(2)11(18)17-10-4-3-8(6-16)5-9(10)12(13,14)15/h3-5,7H,1-2H3,(H,17,18). The first-order valence-electron chi connectivity index (χ1n) is 5.18. The minimum Gasteiger partial charge on any atom is -0.325 e. The molecule has 1 aromatic rings. The van der Waals surface area contributed by atoms with Crippen molar-refractivity contribution in [2.24, 2.45) is 5.92 Å². The average Bonchev–Trinajstić information content (AvgIpc) is 2.27. The third kappa shape index (κ3) is 3.23. The summed E-state index contributed by atoms with van der Waals surface area (Å²) in [7, 11) is 0. The largest absolute Gasteiger partial charge is 0.418 e. The molecule has 18 heavy (non-hydrogen) atoms. The second-order valence-electron chi connectivity index (χ2n) is 4.01. The maximum Gasteiger partial charge on any atom is 0.418 e. The molecular formula is C12H11F3N2O. The second-order valence-corrected chi connectivity index (χ2v) is 4.01. The summed E-state index contributed by atoms with van der Waals surface area (Å²) < 4.78 is 38.3. The van der Waals surface area contributed by atoms with Gasteiger partial charge in [-0.1, -0.05) is 13.8 Å². The van der Waals surface area contributed by atoms with Crippen molar-refractivity contribution in [1.29, 1.82) is 5.26 Å². The number of carbonyl (C=O) groups excluding carboxylic acids is 1. The maximum atomic E-state index is 12.8. The molecule has 0 unspecified atom stereocenters. The zero-order chi connectivity index (χ0) is 13.9. The van der Waals surface area contributed by atoms with Crippen molar-refractivity contribution in [3.8, 4) is 6.07 Å². The van der Waals surface area contributed by atoms with E-state index in [0.717, 1.165) is 12.1 Å². The van der Waals surface area contributed by atoms with Crippen molar-refractivity contribution >= 4 is 11.6 Å². The molecular weight excluding hydrogens is 245 g/mol. The highest BCUT2D eigenvalue weighted by Crippen LogP contribution is 2.35. The molecule has 0 aliphatic rings. The van der Waals surface area contributed by atoms with Gasteiger partial charge in [-0.15, -0.1) is 0 Å². The van der Waals surface area contributed by atoms with Gasteiger partial charge in [0.15, 0.2) is 0 Å². The summed E-state index contributed by atoms with van der Waals surface area (Å²) in [6, 6.07) is 4.66. The van der Waals surface area contributed by atoms with Gasteiger partial charge in [-0.2, -0.15) is 18.4 Å². The Morgan fingerprint density at radius 3 is 2.44 bits per heavy atom. The number of carbonyl (C=O) groups is 1. The first-order chi connectivity index (χ1) is 8.25. The summed E-state index contributed by atoms with van der Waals surface area (Å²) in [6.07, 6.45) is -4.62. The highest BCUT2D eigenvalue weighted by molar-refractivity contribution is 5.93. The lowest BCUT2D eigenvalue weighted by molar-refractivity contribution is -0.137. The van der Waals surface area contributed by atoms with Gasteiger partial charge in [0.2, 0.25) is 5.91 Å². The highest BCUT2D eigenvalue weighted by atomic mass is 19.4. The Labute approximate surface area is 102 Å². The third-order valence-electron chi connectivity index (χ3n) is 2.24. The molecule has 0 radical (unpaired) electrons. The van der Waals surface area contributed by atoms with Gasteiger partial charge in [-0.05, 0) is 18.2 Å². The molecule has 0 aromatic heterocycles. The van der Waals surface area contributed by atoms with Crippen molar-refractivity contribution in [2.45, 2.75) is 20.0 Å². The van der Waals surface area contributed by atoms with Crippen LogP contribution >= 0.6 is 0 Å². The molecule has 0 spiro atoms. The first kappa shape index (κ1) is 14.0. The lowest BCUT2D eigenvalue weighted by Crippen LogP contribution is -2.20. The van der Waals surface area contributed by atoms with Crippen LogP contribution in [0.2, 0.25) is 0 Å². The predicted molar refractivity (Wildman–Crippen MR) is 59.6 cm³/mol. The van der Waals surface area contributed by atoms with Gasteiger partial charge in [-0.25, -0.2) is 0 Å². The number of nitrogens with one attached hydrogen (secondary N) is 1. The van der Waals surface area contributed by atoms with Crippen molar-refractivity contribution in [1.82, 2.24) is 0 Å². The normalized spacial score (nSPS) is 11.2. The van der Waals surface area contributed by atoms with E-state index in [2.05, 4.69) is 5.32 Å². The van der Waals surface area contributed by atoms with Crippen molar-refractivity contribution in [3.05, 3.63) is 29.3 Å². The molecule has 1 amide bonds. The van der Waals surface area contributed by atoms with Gasteiger partial charge < -0.3 is 5.32 Å². The molecule has 0 bridgehead atoms. The van der Waals surface area contributed by atoms with Gasteiger partial charge in [0.05, 0.1) is 22.9 Å². The number of halogens is 3. The molecule has 6 heteroatoms. The van der Waals surface area contributed by atoms with Crippen LogP contribution < -0.4 is 5.32 Å². The molecule has 96 valence electrons. The van der Waals surface area contributed by atoms with E-state index in [0.29, 0.717) is 0 Å². The molecule has 1 rings (SSSR count). The van der Waals surface area contributed by atoms with Gasteiger partial charge in [0.1, 0.15) is 0 Å². The summed E-state index contributed by atoms with van der Waals surface area (Å²) in [5.41, 5.74) is -1.46. The van der Waals surface area contributed by atoms with E-state index < -0.39 is 23.6 Å². The Kier molecular flexibility index (Phi) is 3.96. The van der Waals surface area contributed by atoms with Crippen LogP contribution in [0.25, 0.3) is 0 Å². The van der Waals surface area contributed by atoms with Crippen molar-refractivity contribution < 1.29 is 18.0 Å². The van der Waals surface area contributed by atoms with E-state index in [4.69, 9.17) is 5.26 Å². The fourth-order valence-corrected chi connectivity index (χ4v) is 1.23. The Hall–Kier alpha value is -2.03. The third-order valence-corrected chi connectivity index (χ3v) is 2.24. The van der Waals surface area contributed by atoms with E-state index in [1.807, 2.05) is 0 Å². The van der Waals surface area contributed by atoms with Crippen LogP contribution in [0.1, 0.15) is 25.0 Å². The fourth-order valence-electron chi connectivity index (χ4n) is 1.23. The molecule has 0 aliphatic heterocycles. The summed E-state index contributed by atoms with van der Waals surface area (Å²) in [4.78, 5) is 11.4. The predicted octanol–water partition coefficient (Wildman–Crippen LogP) is 3.17. The fraction of sp³-hybridized carbons (Fsp3) is 0.333. The molecule has 3 nitrogen and oxygen atoms in total. The SMILES string of the molecule is CC(C)C(=O)Nc1ccc(C#N)cc1C(F)(F)F. The zero-order valence-corrected chi connectivity index (χ0v) is 9.80. The topological polar surface area (TPSA) is 52.9 Å². The number of rotatable bonds is 2. The monoisotopic (exact) mass is 256 g/mol. The van der Waals surface area contributed by atoms with Crippen LogP contribution in [-0.4, -0.2) is 5.91 Å². The molecule has 0 atom stereocenters. The summed E-state index contributed by atoms with van der Waals surface area (Å²) in [6.45, 7) is 3.15. The minimum atomic E-state index is -4.62. The van der Waals surface area contributed by atoms with Crippen molar-refractivity contribution in [3.63, 3.8) is 0 Å². The molecule has 0 heterocycles. The van der Waals surface area contributed by atoms with Gasteiger partial charge in [-0.3, -0.25) is 4.79 Å². The van der Waals surface area contributed by atoms with Crippen LogP contribution in [0.3, 0.4) is 0 Å². The van der Waals surface area contributed by atoms with Gasteiger partial charge in [0.25, 0.3) is 0 Å². The number of nitriles is 1. The van der Waals surface area contributed by atoms with Crippen LogP contribution in [0.5, 0.6) is 0 Å². The number of benzene rings is 1. The van der Waals surface area contributed by atoms with Crippen LogP contribution in [0, 0.1) is 17.2 Å². The number of hydrogen-bond donors (Lipinski definition) is 1. The van der Waals surface area contributed by atoms with E-state index in [1.165, 1.54) is 6.07 Å². The Morgan fingerprint density at radius 2 is 2.00 bits per heavy atom. The molecule has 1 aromatic carbocycles. The van der Waals surface area contributed by atoms with E-state index in [1.54, 1.807) is 19.9 Å².